The van der Waals surface area contributed by atoms with Crippen LogP contribution in [0.1, 0.15) is 104 Å². The van der Waals surface area contributed by atoms with Gasteiger partial charge in [0.25, 0.3) is 5.91 Å². The Kier molecular flexibility index (Phi) is 36.1. The summed E-state index contributed by atoms with van der Waals surface area (Å²) in [5.74, 6) is 6.64. The molecule has 8 heterocycles. The number of nitrogens with one attached hydrogen (secondary N) is 8. The Hall–Kier alpha value is -15.3. The predicted molar refractivity (Wildman–Crippen MR) is 552 cm³/mol. The van der Waals surface area contributed by atoms with Crippen LogP contribution in [0.5, 0.6) is 69.4 Å². The lowest BCUT2D eigenvalue weighted by atomic mass is 9.94. The van der Waals surface area contributed by atoms with Crippen molar-refractivity contribution in [2.75, 3.05) is 85.2 Å². The number of fused-ring (bicyclic) bond motifs is 4. The van der Waals surface area contributed by atoms with Gasteiger partial charge in [0.1, 0.15) is 109 Å². The maximum atomic E-state index is 12.6. The second-order valence-electron chi connectivity index (χ2n) is 37.7. The summed E-state index contributed by atoms with van der Waals surface area (Å²) in [4.78, 5) is 38.3. The van der Waals surface area contributed by atoms with E-state index in [2.05, 4.69) is 132 Å². The maximum absolute atomic E-state index is 12.6. The van der Waals surface area contributed by atoms with Gasteiger partial charge in [0, 0.05) is 104 Å². The number of pyridine rings is 3. The molecule has 0 saturated carbocycles. The van der Waals surface area contributed by atoms with Crippen molar-refractivity contribution in [1.29, 1.82) is 5.26 Å². The summed E-state index contributed by atoms with van der Waals surface area (Å²) in [6.07, 6.45) is 12.8. The molecule has 145 heavy (non-hydrogen) atoms. The molecule has 36 heteroatoms. The highest BCUT2D eigenvalue weighted by Crippen LogP contribution is 2.33. The Balaban J connectivity index is 0.000000153. The van der Waals surface area contributed by atoms with Crippen molar-refractivity contribution in [2.24, 2.45) is 5.73 Å². The quantitative estimate of drug-likeness (QED) is 0.0169. The number of primary amides is 1. The molecule has 17 rings (SSSR count). The zero-order chi connectivity index (χ0) is 103. The van der Waals surface area contributed by atoms with Gasteiger partial charge in [0.15, 0.2) is 9.84 Å². The zero-order valence-corrected chi connectivity index (χ0v) is 83.0. The van der Waals surface area contributed by atoms with E-state index in [0.29, 0.717) is 139 Å². The number of sulfone groups is 1. The minimum Gasteiger partial charge on any atom is -0.490 e. The number of amides is 2. The van der Waals surface area contributed by atoms with Gasteiger partial charge in [0.05, 0.1) is 103 Å². The Morgan fingerprint density at radius 3 is 0.966 bits per heavy atom. The Bertz CT molecular complexity index is 7000. The molecule has 1 aliphatic heterocycles. The normalized spacial score (nSPS) is 13.2. The van der Waals surface area contributed by atoms with Gasteiger partial charge in [-0.05, 0) is 243 Å². The first-order chi connectivity index (χ1) is 69.7. The highest BCUT2D eigenvalue weighted by molar-refractivity contribution is 7.90. The van der Waals surface area contributed by atoms with Gasteiger partial charge < -0.3 is 95.0 Å². The van der Waals surface area contributed by atoms with E-state index >= 15 is 0 Å². The maximum Gasteiger partial charge on any atom is 0.255 e. The van der Waals surface area contributed by atoms with Gasteiger partial charge >= 0.3 is 0 Å². The molecule has 0 unspecified atom stereocenters. The molecule has 0 spiro atoms. The number of rotatable bonds is 43. The Labute approximate surface area is 840 Å². The largest absolute Gasteiger partial charge is 0.490 e. The van der Waals surface area contributed by atoms with E-state index in [1.807, 2.05) is 176 Å². The number of hydrogen-bond acceptors (Lipinski definition) is 29. The third-order valence-corrected chi connectivity index (χ3v) is 24.5. The fraction of sp³-hybridized carbons (Fsp3) is 0.303. The first kappa shape index (κ1) is 106. The Morgan fingerprint density at radius 1 is 0.400 bits per heavy atom. The fourth-order valence-electron chi connectivity index (χ4n) is 15.7. The number of nitrogens with zero attached hydrogens (tertiary/aromatic N) is 9. The van der Waals surface area contributed by atoms with Crippen LogP contribution >= 0.6 is 0 Å². The van der Waals surface area contributed by atoms with Gasteiger partial charge in [-0.3, -0.25) is 30.0 Å². The van der Waals surface area contributed by atoms with Crippen LogP contribution in [-0.4, -0.2) is 233 Å². The molecule has 16 aromatic rings. The van der Waals surface area contributed by atoms with Crippen LogP contribution in [0.3, 0.4) is 0 Å². The molecule has 14 N–H and O–H groups in total. The number of nitriles is 1. The number of aromatic nitrogens is 11. The molecule has 35 nitrogen and oxygen atoms in total. The Morgan fingerprint density at radius 2 is 0.690 bits per heavy atom. The summed E-state index contributed by atoms with van der Waals surface area (Å²) in [6, 6.07) is 72.2. The number of aliphatic hydroxyl groups excluding tert-OH is 4. The number of aromatic amines is 4. The molecular formula is C109H122N18O17S. The summed E-state index contributed by atoms with van der Waals surface area (Å²) in [5.41, 5.74) is 13.7. The fourth-order valence-corrected chi connectivity index (χ4v) is 16.3. The molecule has 0 bridgehead atoms. The van der Waals surface area contributed by atoms with Gasteiger partial charge in [-0.15, -0.1) is 0 Å². The van der Waals surface area contributed by atoms with Gasteiger partial charge in [0.2, 0.25) is 23.5 Å². The monoisotopic (exact) mass is 1990 g/mol. The highest BCUT2D eigenvalue weighted by Gasteiger charge is 2.27. The zero-order valence-electron chi connectivity index (χ0n) is 82.2. The molecule has 1 fully saturated rings. The molecule has 4 atom stereocenters. The number of β-amino-alcohol motifs (C(OH)–C–C–N with tert-alkyl or cyclic N) is 4. The van der Waals surface area contributed by atoms with Gasteiger partial charge in [-0.25, -0.2) is 23.4 Å². The number of carbonyl (C=O) groups excluding carboxylic acids is 2. The summed E-state index contributed by atoms with van der Waals surface area (Å²) >= 11 is 0. The molecular weight excluding hydrogens is 1870 g/mol. The lowest BCUT2D eigenvalue weighted by Crippen LogP contribution is -2.46. The predicted octanol–water partition coefficient (Wildman–Crippen LogP) is 14.9. The van der Waals surface area contributed by atoms with Crippen molar-refractivity contribution >= 4 is 65.3 Å². The van der Waals surface area contributed by atoms with Gasteiger partial charge in [-0.2, -0.15) is 25.7 Å². The van der Waals surface area contributed by atoms with E-state index in [1.54, 1.807) is 84.4 Å². The molecule has 0 radical (unpaired) electrons. The lowest BCUT2D eigenvalue weighted by molar-refractivity contribution is 0.0302. The molecule has 9 aromatic carbocycles. The molecule has 1 saturated heterocycles. The van der Waals surface area contributed by atoms with Crippen LogP contribution in [0.4, 0.5) is 0 Å². The van der Waals surface area contributed by atoms with Crippen molar-refractivity contribution in [3.8, 4) is 75.5 Å². The average Bonchev–Trinajstić information content (AvgIpc) is 1.69. The van der Waals surface area contributed by atoms with Crippen LogP contribution in [0.2, 0.25) is 0 Å². The number of carbonyl (C=O) groups is 2. The standard InChI is InChI=1S/C30H35N5O5.C27H31N3O5S.C26H29N5O4.C26H27N5O3/c1-30(2,32-18-23(36)20-39-27-5-3-4-26-25(27)19-33-34-26)16-21-6-9-24(10-7-21)40-28-11-8-22(17-31-28)29(37)35-12-14-38-15-13-35;1-27(2,28-16-20(31)18-34-26-6-4-5-25-24(26)17-29-30-25)15-19-7-9-21(10-8-19)35-22-11-13-23(14-12-22)36(3,32)33;1-26(2,29-14-19(32)16-34-23-5-3-4-22-21(23)15-30-31-22)12-17-6-9-20(10-7-17)35-24-11-8-18(13-28-24)25(27)33;1-26(2,29-15-20(32)17-33-24-5-3-4-23-22(24)16-30-31-23)12-18-6-9-21(10-7-18)34-25-11-8-19(13-27)14-28-25/h3-11,17,19,23,32,36H,12-16,18,20H2,1-2H3,(H,33,34);4-14,17,20,28,31H,15-16,18H2,1-3H3,(H,29,30);3-11,13,15,19,29,32H,12,14,16H2,1-2H3,(H2,27,33)(H,30,31);3-11,14,16,20,29,32H,12,15,17H2,1-2H3,(H,30,31)/t23-;20-;19-;20-/m0000/s1. The number of benzene rings is 9. The molecule has 1 aliphatic rings. The van der Waals surface area contributed by atoms with Crippen LogP contribution < -0.4 is 64.9 Å². The van der Waals surface area contributed by atoms with E-state index in [4.69, 9.17) is 53.6 Å². The SMILES string of the molecule is CC(C)(Cc1ccc(Oc2ccc(C#N)cn2)cc1)NC[C@H](O)COc1cccc2[nH]ncc12.CC(C)(Cc1ccc(Oc2ccc(C(=O)N3CCOCC3)cn2)cc1)NC[C@H](O)COc1cccc2[nH]ncc12.CC(C)(Cc1ccc(Oc2ccc(C(N)=O)cn2)cc1)NC[C@H](O)COc1cccc2[nH]ncc12.CC(C)(Cc1ccc(Oc2ccc(S(C)(=O)=O)cc2)cc1)NC[C@H](O)COc1cccc2[nH]ncc12. The van der Waals surface area contributed by atoms with E-state index < -0.39 is 40.2 Å². The smallest absolute Gasteiger partial charge is 0.255 e. The highest BCUT2D eigenvalue weighted by atomic mass is 32.2. The molecule has 0 aliphatic carbocycles. The summed E-state index contributed by atoms with van der Waals surface area (Å²) in [6.45, 7) is 21.3. The van der Waals surface area contributed by atoms with Crippen molar-refractivity contribution < 1.29 is 81.1 Å². The van der Waals surface area contributed by atoms with Crippen LogP contribution in [0.15, 0.2) is 279 Å². The summed E-state index contributed by atoms with van der Waals surface area (Å²) in [7, 11) is -3.24. The third-order valence-electron chi connectivity index (χ3n) is 23.4. The summed E-state index contributed by atoms with van der Waals surface area (Å²) < 4.78 is 75.0. The first-order valence-electron chi connectivity index (χ1n) is 47.4. The van der Waals surface area contributed by atoms with Crippen LogP contribution in [0, 0.1) is 11.3 Å². The second kappa shape index (κ2) is 49.6. The number of aliphatic hydroxyl groups is 4. The number of nitrogens with two attached hydrogens (primary N) is 1. The van der Waals surface area contributed by atoms with Crippen LogP contribution in [-0.2, 0) is 40.3 Å². The van der Waals surface area contributed by atoms with Crippen molar-refractivity contribution in [3.63, 3.8) is 0 Å². The minimum absolute atomic E-state index is 0.0464. The lowest BCUT2D eigenvalue weighted by Gasteiger charge is -2.28. The summed E-state index contributed by atoms with van der Waals surface area (Å²) in [5, 5.41) is 95.7. The molecule has 756 valence electrons. The van der Waals surface area contributed by atoms with E-state index in [1.165, 1.54) is 30.8 Å². The third kappa shape index (κ3) is 32.4. The van der Waals surface area contributed by atoms with Gasteiger partial charge in [-0.1, -0.05) is 72.8 Å². The average molecular weight is 1990 g/mol. The molecule has 2 amide bonds. The topological polar surface area (TPSA) is 487 Å². The number of ether oxygens (including phenoxy) is 9. The second-order valence-corrected chi connectivity index (χ2v) is 39.8. The van der Waals surface area contributed by atoms with Crippen molar-refractivity contribution in [3.05, 3.63) is 313 Å². The number of H-pyrrole nitrogens is 4. The van der Waals surface area contributed by atoms with Crippen LogP contribution in [0.25, 0.3) is 43.6 Å². The minimum atomic E-state index is -3.24. The number of hydrogen-bond donors (Lipinski definition) is 13. The van der Waals surface area contributed by atoms with E-state index in [-0.39, 0.29) is 59.4 Å². The number of morpholine rings is 1. The van der Waals surface area contributed by atoms with E-state index in [9.17, 15) is 38.4 Å². The molecule has 7 aromatic heterocycles. The van der Waals surface area contributed by atoms with E-state index in [0.717, 1.165) is 91.5 Å². The first-order valence-corrected chi connectivity index (χ1v) is 49.3. The van der Waals surface area contributed by atoms with Crippen molar-refractivity contribution in [1.82, 2.24) is 81.9 Å². The van der Waals surface area contributed by atoms with Crippen molar-refractivity contribution in [2.45, 2.75) is 133 Å².